The molecule has 1 aromatic rings. The minimum absolute atomic E-state index is 0.831. The highest BCUT2D eigenvalue weighted by Gasteiger charge is 2.07. The molecule has 0 saturated carbocycles. The van der Waals surface area contributed by atoms with Crippen LogP contribution in [0.3, 0.4) is 0 Å². The van der Waals surface area contributed by atoms with E-state index in [1.807, 2.05) is 17.8 Å². The summed E-state index contributed by atoms with van der Waals surface area (Å²) in [7, 11) is 4.02. The maximum Gasteiger partial charge on any atom is 0.130 e. The highest BCUT2D eigenvalue weighted by molar-refractivity contribution is 9.10. The molecule has 1 rings (SSSR count). The lowest BCUT2D eigenvalue weighted by atomic mass is 10.4. The maximum absolute atomic E-state index is 5.45. The Morgan fingerprint density at radius 3 is 2.81 bits per heavy atom. The fraction of sp³-hybridized carbons (Fsp3) is 0.727. The molecule has 0 saturated heterocycles. The van der Waals surface area contributed by atoms with Crippen LogP contribution in [0.15, 0.2) is 10.7 Å². The number of rotatable bonds is 7. The van der Waals surface area contributed by atoms with Crippen molar-refractivity contribution in [3.63, 3.8) is 0 Å². The molecule has 92 valence electrons. The maximum atomic E-state index is 5.45. The van der Waals surface area contributed by atoms with Gasteiger partial charge in [0.25, 0.3) is 0 Å². The number of nitrogens with zero attached hydrogens (tertiary/aromatic N) is 3. The Kier molecular flexibility index (Phi) is 5.84. The molecular weight excluding hydrogens is 270 g/mol. The topological polar surface area (TPSA) is 30.3 Å². The molecular formula is C11H20BrN3O. The minimum Gasteiger partial charge on any atom is -0.381 e. The largest absolute Gasteiger partial charge is 0.381 e. The monoisotopic (exact) mass is 289 g/mol. The molecule has 1 aromatic heterocycles. The van der Waals surface area contributed by atoms with Crippen molar-refractivity contribution in [2.24, 2.45) is 7.05 Å². The number of halogens is 1. The molecule has 0 amide bonds. The van der Waals surface area contributed by atoms with Gasteiger partial charge in [0, 0.05) is 39.9 Å². The van der Waals surface area contributed by atoms with Gasteiger partial charge in [-0.1, -0.05) is 6.92 Å². The molecule has 0 fully saturated rings. The van der Waals surface area contributed by atoms with E-state index >= 15 is 0 Å². The molecule has 4 nitrogen and oxygen atoms in total. The van der Waals surface area contributed by atoms with E-state index in [2.05, 4.69) is 39.9 Å². The molecule has 0 aliphatic heterocycles. The number of anilines is 1. The summed E-state index contributed by atoms with van der Waals surface area (Å²) in [5.74, 6) is 1.11. The SMILES string of the molecule is CCCOCCCN(C)c1cc(Br)nn1C. The van der Waals surface area contributed by atoms with E-state index in [0.29, 0.717) is 0 Å². The van der Waals surface area contributed by atoms with E-state index in [1.165, 1.54) is 0 Å². The summed E-state index contributed by atoms with van der Waals surface area (Å²) in [6.45, 7) is 4.80. The standard InChI is InChI=1S/C11H20BrN3O/c1-4-7-16-8-5-6-14(2)11-9-10(12)13-15(11)3/h9H,4-8H2,1-3H3. The Bertz CT molecular complexity index is 314. The van der Waals surface area contributed by atoms with Gasteiger partial charge in [0.2, 0.25) is 0 Å². The van der Waals surface area contributed by atoms with Crippen LogP contribution < -0.4 is 4.90 Å². The first-order chi connectivity index (χ1) is 7.65. The summed E-state index contributed by atoms with van der Waals surface area (Å²) >= 11 is 3.37. The van der Waals surface area contributed by atoms with Crippen molar-refractivity contribution in [1.29, 1.82) is 0 Å². The van der Waals surface area contributed by atoms with Crippen LogP contribution in [0, 0.1) is 0 Å². The molecule has 0 aliphatic rings. The predicted octanol–water partition coefficient (Wildman–Crippen LogP) is 2.44. The number of hydrogen-bond acceptors (Lipinski definition) is 3. The number of aryl methyl sites for hydroxylation is 1. The lowest BCUT2D eigenvalue weighted by Gasteiger charge is -2.18. The van der Waals surface area contributed by atoms with E-state index in [4.69, 9.17) is 4.74 Å². The van der Waals surface area contributed by atoms with Crippen LogP contribution in [-0.4, -0.2) is 36.6 Å². The summed E-state index contributed by atoms with van der Waals surface area (Å²) in [5.41, 5.74) is 0. The quantitative estimate of drug-likeness (QED) is 0.723. The van der Waals surface area contributed by atoms with Gasteiger partial charge in [-0.3, -0.25) is 4.68 Å². The third kappa shape index (κ3) is 4.14. The van der Waals surface area contributed by atoms with Gasteiger partial charge >= 0.3 is 0 Å². The first-order valence-electron chi connectivity index (χ1n) is 5.63. The van der Waals surface area contributed by atoms with Gasteiger partial charge in [0.05, 0.1) is 0 Å². The Morgan fingerprint density at radius 1 is 1.50 bits per heavy atom. The number of ether oxygens (including phenoxy) is 1. The lowest BCUT2D eigenvalue weighted by molar-refractivity contribution is 0.133. The van der Waals surface area contributed by atoms with E-state index in [1.54, 1.807) is 0 Å². The molecule has 0 aromatic carbocycles. The van der Waals surface area contributed by atoms with Crippen molar-refractivity contribution in [2.75, 3.05) is 31.7 Å². The first kappa shape index (κ1) is 13.5. The second-order valence-electron chi connectivity index (χ2n) is 3.84. The van der Waals surface area contributed by atoms with Crippen molar-refractivity contribution >= 4 is 21.7 Å². The van der Waals surface area contributed by atoms with Gasteiger partial charge < -0.3 is 9.64 Å². The molecule has 0 N–H and O–H groups in total. The fourth-order valence-electron chi connectivity index (χ4n) is 1.55. The Labute approximate surface area is 106 Å². The van der Waals surface area contributed by atoms with Crippen LogP contribution in [0.25, 0.3) is 0 Å². The third-order valence-electron chi connectivity index (χ3n) is 2.35. The normalized spacial score (nSPS) is 10.8. The minimum atomic E-state index is 0.831. The molecule has 0 aliphatic carbocycles. The van der Waals surface area contributed by atoms with Crippen LogP contribution >= 0.6 is 15.9 Å². The predicted molar refractivity (Wildman–Crippen MR) is 69.9 cm³/mol. The van der Waals surface area contributed by atoms with Crippen molar-refractivity contribution in [2.45, 2.75) is 19.8 Å². The number of aromatic nitrogens is 2. The highest BCUT2D eigenvalue weighted by Crippen LogP contribution is 2.17. The zero-order valence-electron chi connectivity index (χ0n) is 10.2. The first-order valence-corrected chi connectivity index (χ1v) is 6.43. The second kappa shape index (κ2) is 6.91. The van der Waals surface area contributed by atoms with Crippen LogP contribution in [0.2, 0.25) is 0 Å². The van der Waals surface area contributed by atoms with E-state index in [-0.39, 0.29) is 0 Å². The Morgan fingerprint density at radius 2 is 2.25 bits per heavy atom. The summed E-state index contributed by atoms with van der Waals surface area (Å²) < 4.78 is 8.19. The van der Waals surface area contributed by atoms with Gasteiger partial charge in [0.1, 0.15) is 10.4 Å². The van der Waals surface area contributed by atoms with E-state index in [9.17, 15) is 0 Å². The van der Waals surface area contributed by atoms with Crippen LogP contribution in [0.1, 0.15) is 19.8 Å². The van der Waals surface area contributed by atoms with Gasteiger partial charge in [0.15, 0.2) is 0 Å². The number of hydrogen-bond donors (Lipinski definition) is 0. The average Bonchev–Trinajstić information content (AvgIpc) is 2.57. The van der Waals surface area contributed by atoms with Gasteiger partial charge in [-0.25, -0.2) is 0 Å². The molecule has 16 heavy (non-hydrogen) atoms. The average molecular weight is 290 g/mol. The second-order valence-corrected chi connectivity index (χ2v) is 4.65. The Hall–Kier alpha value is -0.550. The lowest BCUT2D eigenvalue weighted by Crippen LogP contribution is -2.22. The van der Waals surface area contributed by atoms with E-state index < -0.39 is 0 Å². The van der Waals surface area contributed by atoms with Crippen molar-refractivity contribution in [3.8, 4) is 0 Å². The Balaban J connectivity index is 2.29. The van der Waals surface area contributed by atoms with Crippen molar-refractivity contribution in [1.82, 2.24) is 9.78 Å². The van der Waals surface area contributed by atoms with Gasteiger partial charge in [-0.15, -0.1) is 0 Å². The molecule has 0 radical (unpaired) electrons. The van der Waals surface area contributed by atoms with E-state index in [0.717, 1.165) is 43.0 Å². The molecule has 0 unspecified atom stereocenters. The van der Waals surface area contributed by atoms with Crippen molar-refractivity contribution in [3.05, 3.63) is 10.7 Å². The smallest absolute Gasteiger partial charge is 0.130 e. The third-order valence-corrected chi connectivity index (χ3v) is 2.73. The zero-order valence-corrected chi connectivity index (χ0v) is 11.8. The molecule has 0 bridgehead atoms. The highest BCUT2D eigenvalue weighted by atomic mass is 79.9. The molecule has 1 heterocycles. The molecule has 0 atom stereocenters. The molecule has 0 spiro atoms. The summed E-state index contributed by atoms with van der Waals surface area (Å²) in [6.07, 6.45) is 2.13. The molecule has 5 heteroatoms. The summed E-state index contributed by atoms with van der Waals surface area (Å²) in [5, 5.41) is 4.25. The zero-order chi connectivity index (χ0) is 12.0. The van der Waals surface area contributed by atoms with Gasteiger partial charge in [-0.2, -0.15) is 5.10 Å². The summed E-state index contributed by atoms with van der Waals surface area (Å²) in [4.78, 5) is 2.19. The summed E-state index contributed by atoms with van der Waals surface area (Å²) in [6, 6.07) is 2.02. The van der Waals surface area contributed by atoms with Gasteiger partial charge in [-0.05, 0) is 28.8 Å². The van der Waals surface area contributed by atoms with Crippen molar-refractivity contribution < 1.29 is 4.74 Å². The van der Waals surface area contributed by atoms with Crippen LogP contribution in [0.5, 0.6) is 0 Å². The van der Waals surface area contributed by atoms with Crippen LogP contribution in [0.4, 0.5) is 5.82 Å². The van der Waals surface area contributed by atoms with Crippen LogP contribution in [-0.2, 0) is 11.8 Å². The fourth-order valence-corrected chi connectivity index (χ4v) is 1.99.